The Morgan fingerprint density at radius 1 is 1.05 bits per heavy atom. The number of alkyl halides is 4. The van der Waals surface area contributed by atoms with Crippen LogP contribution in [-0.2, 0) is 19.9 Å². The van der Waals surface area contributed by atoms with Crippen molar-refractivity contribution in [2.45, 2.75) is 25.7 Å². The van der Waals surface area contributed by atoms with Gasteiger partial charge in [0.25, 0.3) is 12.9 Å². The van der Waals surface area contributed by atoms with Crippen molar-refractivity contribution in [1.29, 1.82) is 0 Å². The van der Waals surface area contributed by atoms with Gasteiger partial charge in [-0.3, -0.25) is 9.97 Å². The fraction of sp³-hybridized carbons (Fsp3) is 0.250. The Balaban J connectivity index is 1.53. The van der Waals surface area contributed by atoms with Crippen LogP contribution in [0.4, 0.5) is 34.6 Å². The molecule has 0 fully saturated rings. The van der Waals surface area contributed by atoms with E-state index < -0.39 is 12.9 Å². The highest BCUT2D eigenvalue weighted by Crippen LogP contribution is 2.41. The van der Waals surface area contributed by atoms with Crippen molar-refractivity contribution in [2.75, 3.05) is 12.4 Å². The summed E-state index contributed by atoms with van der Waals surface area (Å²) in [6, 6.07) is 9.75. The number of methoxy groups -OCH3 is 1. The minimum Gasteiger partial charge on any atom is -0.494 e. The quantitative estimate of drug-likeness (QED) is 0.337. The Morgan fingerprint density at radius 2 is 1.89 bits per heavy atom. The van der Waals surface area contributed by atoms with Gasteiger partial charge < -0.3 is 10.1 Å². The van der Waals surface area contributed by atoms with E-state index in [0.29, 0.717) is 51.3 Å². The van der Waals surface area contributed by atoms with Crippen LogP contribution in [0.25, 0.3) is 11.4 Å². The highest BCUT2D eigenvalue weighted by molar-refractivity contribution is 5.98. The summed E-state index contributed by atoms with van der Waals surface area (Å²) in [7, 11) is 3.13. The smallest absolute Gasteiger partial charge is 0.277 e. The standard InChI is InChI=1S/C24H20F4N8O/c1-36-34-24(33-35-36)15-4-3-5-16(21(15)37-2)31-17-9-14(8-13-7-6-12(11-29-13)22(25)26)30-18-10-19(23(27)28)32-20(17)18/h3-7,9,11,22-23H,8,10H2,1-2H3,(H,30,31). The van der Waals surface area contributed by atoms with Crippen LogP contribution in [0.15, 0.2) is 47.6 Å². The van der Waals surface area contributed by atoms with Gasteiger partial charge in [-0.1, -0.05) is 6.07 Å². The number of aliphatic imine (C=N–C) groups is 1. The van der Waals surface area contributed by atoms with Crippen molar-refractivity contribution < 1.29 is 22.3 Å². The molecule has 13 heteroatoms. The number of fused-ring (bicyclic) bond motifs is 1. The molecule has 0 saturated carbocycles. The van der Waals surface area contributed by atoms with Crippen LogP contribution >= 0.6 is 0 Å². The predicted molar refractivity (Wildman–Crippen MR) is 127 cm³/mol. The van der Waals surface area contributed by atoms with Crippen LogP contribution in [0.5, 0.6) is 5.75 Å². The van der Waals surface area contributed by atoms with E-state index >= 15 is 0 Å². The van der Waals surface area contributed by atoms with Crippen molar-refractivity contribution in [2.24, 2.45) is 12.0 Å². The van der Waals surface area contributed by atoms with Crippen LogP contribution in [0.3, 0.4) is 0 Å². The van der Waals surface area contributed by atoms with Gasteiger partial charge in [-0.2, -0.15) is 4.80 Å². The van der Waals surface area contributed by atoms with E-state index in [1.165, 1.54) is 24.0 Å². The van der Waals surface area contributed by atoms with E-state index in [4.69, 9.17) is 4.74 Å². The second kappa shape index (κ2) is 9.91. The lowest BCUT2D eigenvalue weighted by molar-refractivity contribution is 0.151. The van der Waals surface area contributed by atoms with E-state index in [2.05, 4.69) is 35.7 Å². The van der Waals surface area contributed by atoms with E-state index in [-0.39, 0.29) is 24.1 Å². The molecule has 0 radical (unpaired) electrons. The van der Waals surface area contributed by atoms with Crippen LogP contribution in [0, 0.1) is 0 Å². The fourth-order valence-corrected chi connectivity index (χ4v) is 3.99. The van der Waals surface area contributed by atoms with Gasteiger partial charge in [-0.05, 0) is 35.5 Å². The highest BCUT2D eigenvalue weighted by Gasteiger charge is 2.27. The Bertz CT molecular complexity index is 1470. The molecule has 0 aliphatic carbocycles. The number of nitrogens with one attached hydrogen (secondary N) is 1. The van der Waals surface area contributed by atoms with Gasteiger partial charge >= 0.3 is 0 Å². The summed E-state index contributed by atoms with van der Waals surface area (Å²) >= 11 is 0. The van der Waals surface area contributed by atoms with Gasteiger partial charge in [0.05, 0.1) is 42.5 Å². The molecule has 0 spiro atoms. The van der Waals surface area contributed by atoms with E-state index in [1.807, 2.05) is 0 Å². The third-order valence-corrected chi connectivity index (χ3v) is 5.67. The Labute approximate surface area is 208 Å². The molecule has 1 aliphatic heterocycles. The number of anilines is 2. The second-order valence-corrected chi connectivity index (χ2v) is 8.21. The summed E-state index contributed by atoms with van der Waals surface area (Å²) in [6.45, 7) is 0. The Kier molecular flexibility index (Phi) is 6.51. The number of para-hydroxylation sites is 1. The third-order valence-electron chi connectivity index (χ3n) is 5.67. The number of aryl methyl sites for hydroxylation is 1. The van der Waals surface area contributed by atoms with Crippen LogP contribution < -0.4 is 10.1 Å². The maximum absolute atomic E-state index is 13.5. The number of benzene rings is 1. The molecular weight excluding hydrogens is 492 g/mol. The van der Waals surface area contributed by atoms with E-state index in [0.717, 1.165) is 6.20 Å². The minimum absolute atomic E-state index is 0.103. The van der Waals surface area contributed by atoms with Crippen molar-refractivity contribution in [3.63, 3.8) is 0 Å². The SMILES string of the molecule is COc1c(Nc2cc(Cc3ccc(C(F)F)cn3)nc3c2N=C(C(F)F)C3)cccc1-c1nnn(C)n1. The average molecular weight is 512 g/mol. The van der Waals surface area contributed by atoms with Crippen LogP contribution in [-0.4, -0.2) is 49.4 Å². The Morgan fingerprint density at radius 3 is 2.54 bits per heavy atom. The number of hydrogen-bond donors (Lipinski definition) is 1. The molecular formula is C24H20F4N8O. The molecule has 5 rings (SSSR count). The largest absolute Gasteiger partial charge is 0.494 e. The Hall–Kier alpha value is -4.42. The lowest BCUT2D eigenvalue weighted by Crippen LogP contribution is -2.10. The number of nitrogens with zero attached hydrogens (tertiary/aromatic N) is 7. The van der Waals surface area contributed by atoms with E-state index in [1.54, 1.807) is 31.3 Å². The van der Waals surface area contributed by atoms with Gasteiger partial charge in [0.2, 0.25) is 5.82 Å². The lowest BCUT2D eigenvalue weighted by Gasteiger charge is -2.16. The summed E-state index contributed by atoms with van der Waals surface area (Å²) in [6.07, 6.45) is -4.14. The molecule has 37 heavy (non-hydrogen) atoms. The van der Waals surface area contributed by atoms with Gasteiger partial charge in [-0.25, -0.2) is 22.6 Å². The first-order valence-corrected chi connectivity index (χ1v) is 11.1. The highest BCUT2D eigenvalue weighted by atomic mass is 19.3. The molecule has 0 saturated heterocycles. The van der Waals surface area contributed by atoms with Crippen molar-refractivity contribution in [3.05, 3.63) is 65.2 Å². The van der Waals surface area contributed by atoms with Crippen LogP contribution in [0.2, 0.25) is 0 Å². The number of halogens is 4. The number of pyridine rings is 2. The second-order valence-electron chi connectivity index (χ2n) is 8.21. The topological polar surface area (TPSA) is 103 Å². The zero-order chi connectivity index (χ0) is 26.1. The number of tetrazole rings is 1. The molecule has 9 nitrogen and oxygen atoms in total. The third kappa shape index (κ3) is 4.97. The van der Waals surface area contributed by atoms with Gasteiger partial charge in [0.1, 0.15) is 5.69 Å². The molecule has 3 aromatic heterocycles. The molecule has 1 N–H and O–H groups in total. The van der Waals surface area contributed by atoms with Crippen molar-refractivity contribution in [3.8, 4) is 17.1 Å². The average Bonchev–Trinajstić information content (AvgIpc) is 3.51. The number of ether oxygens (including phenoxy) is 1. The first-order valence-electron chi connectivity index (χ1n) is 11.1. The molecule has 0 amide bonds. The summed E-state index contributed by atoms with van der Waals surface area (Å²) < 4.78 is 58.4. The fourth-order valence-electron chi connectivity index (χ4n) is 3.99. The normalized spacial score (nSPS) is 12.7. The molecule has 4 aromatic rings. The molecule has 0 unspecified atom stereocenters. The monoisotopic (exact) mass is 512 g/mol. The van der Waals surface area contributed by atoms with Gasteiger partial charge in [-0.15, -0.1) is 10.2 Å². The van der Waals surface area contributed by atoms with Gasteiger partial charge in [0.15, 0.2) is 5.75 Å². The number of aromatic nitrogens is 6. The molecule has 0 atom stereocenters. The summed E-state index contributed by atoms with van der Waals surface area (Å²) in [5.41, 5.74) is 2.74. The molecule has 1 aromatic carbocycles. The first-order chi connectivity index (χ1) is 17.8. The molecule has 0 bridgehead atoms. The predicted octanol–water partition coefficient (Wildman–Crippen LogP) is 4.84. The lowest BCUT2D eigenvalue weighted by atomic mass is 10.1. The molecule has 190 valence electrons. The first kappa shape index (κ1) is 24.3. The maximum atomic E-state index is 13.5. The van der Waals surface area contributed by atoms with E-state index in [9.17, 15) is 17.6 Å². The maximum Gasteiger partial charge on any atom is 0.277 e. The summed E-state index contributed by atoms with van der Waals surface area (Å²) in [5, 5.41) is 15.3. The summed E-state index contributed by atoms with van der Waals surface area (Å²) in [4.78, 5) is 14.1. The van der Waals surface area contributed by atoms with Crippen LogP contribution in [0.1, 0.15) is 29.1 Å². The zero-order valence-corrected chi connectivity index (χ0v) is 19.7. The molecule has 4 heterocycles. The zero-order valence-electron chi connectivity index (χ0n) is 19.7. The number of rotatable bonds is 8. The summed E-state index contributed by atoms with van der Waals surface area (Å²) in [5.74, 6) is 0.767. The minimum atomic E-state index is -2.73. The van der Waals surface area contributed by atoms with Crippen molar-refractivity contribution in [1.82, 2.24) is 30.2 Å². The number of hydrogen-bond acceptors (Lipinski definition) is 8. The van der Waals surface area contributed by atoms with Crippen molar-refractivity contribution >= 4 is 22.8 Å². The molecule has 1 aliphatic rings. The van der Waals surface area contributed by atoms with Gasteiger partial charge in [0, 0.05) is 36.0 Å².